The summed E-state index contributed by atoms with van der Waals surface area (Å²) in [5, 5.41) is 13.7. The minimum atomic E-state index is -0.421. The SMILES string of the molecule is CCOC(=O)c1sc(NC(=O)CCSc2nnc3cc(C)c4cccc(C)c4n23)nc1C. The van der Waals surface area contributed by atoms with Crippen molar-refractivity contribution in [2.24, 2.45) is 0 Å². The summed E-state index contributed by atoms with van der Waals surface area (Å²) in [5.41, 5.74) is 4.73. The number of para-hydroxylation sites is 1. The topological polar surface area (TPSA) is 98.5 Å². The molecule has 0 saturated heterocycles. The number of hydrogen-bond donors (Lipinski definition) is 1. The summed E-state index contributed by atoms with van der Waals surface area (Å²) in [4.78, 5) is 29.0. The fourth-order valence-electron chi connectivity index (χ4n) is 3.48. The zero-order valence-electron chi connectivity index (χ0n) is 18.3. The molecule has 0 aliphatic carbocycles. The summed E-state index contributed by atoms with van der Waals surface area (Å²) in [6, 6.07) is 8.24. The van der Waals surface area contributed by atoms with Gasteiger partial charge in [-0.1, -0.05) is 41.3 Å². The van der Waals surface area contributed by atoms with Crippen LogP contribution in [0.4, 0.5) is 5.13 Å². The highest BCUT2D eigenvalue weighted by molar-refractivity contribution is 7.99. The Morgan fingerprint density at radius 1 is 1.19 bits per heavy atom. The number of rotatable bonds is 7. The van der Waals surface area contributed by atoms with E-state index < -0.39 is 5.97 Å². The van der Waals surface area contributed by atoms with Gasteiger partial charge in [-0.25, -0.2) is 9.78 Å². The van der Waals surface area contributed by atoms with E-state index >= 15 is 0 Å². The lowest BCUT2D eigenvalue weighted by Gasteiger charge is -2.09. The van der Waals surface area contributed by atoms with Crippen molar-refractivity contribution in [2.75, 3.05) is 17.7 Å². The van der Waals surface area contributed by atoms with Crippen LogP contribution in [0.3, 0.4) is 0 Å². The standard InChI is InChI=1S/C22H23N5O3S2/c1-5-30-20(29)19-14(4)23-21(32-19)24-17(28)9-10-31-22-26-25-16-11-13(3)15-8-6-7-12(2)18(15)27(16)22/h6-8,11H,5,9-10H2,1-4H3,(H,23,24,28). The largest absolute Gasteiger partial charge is 0.462 e. The molecule has 32 heavy (non-hydrogen) atoms. The number of fused-ring (bicyclic) bond motifs is 3. The van der Waals surface area contributed by atoms with E-state index in [0.717, 1.165) is 44.2 Å². The number of ether oxygens (including phenoxy) is 1. The minimum Gasteiger partial charge on any atom is -0.462 e. The van der Waals surface area contributed by atoms with Crippen molar-refractivity contribution in [3.8, 4) is 0 Å². The van der Waals surface area contributed by atoms with Crippen molar-refractivity contribution in [3.63, 3.8) is 0 Å². The number of thiazole rings is 1. The number of carbonyl (C=O) groups is 2. The molecule has 1 aromatic carbocycles. The molecule has 0 unspecified atom stereocenters. The predicted molar refractivity (Wildman–Crippen MR) is 127 cm³/mol. The number of aromatic nitrogens is 4. The number of nitrogens with one attached hydrogen (secondary N) is 1. The molecule has 0 saturated carbocycles. The van der Waals surface area contributed by atoms with Gasteiger partial charge in [-0.15, -0.1) is 10.2 Å². The van der Waals surface area contributed by atoms with Crippen molar-refractivity contribution in [2.45, 2.75) is 39.3 Å². The first-order valence-electron chi connectivity index (χ1n) is 10.2. The lowest BCUT2D eigenvalue weighted by molar-refractivity contribution is -0.115. The minimum absolute atomic E-state index is 0.174. The van der Waals surface area contributed by atoms with Gasteiger partial charge in [0, 0.05) is 17.6 Å². The molecule has 0 spiro atoms. The first-order chi connectivity index (χ1) is 15.4. The van der Waals surface area contributed by atoms with Crippen LogP contribution in [0.25, 0.3) is 16.6 Å². The third-order valence-electron chi connectivity index (χ3n) is 4.95. The Hall–Kier alpha value is -2.98. The zero-order chi connectivity index (χ0) is 22.8. The van der Waals surface area contributed by atoms with E-state index in [1.165, 1.54) is 11.8 Å². The first-order valence-corrected chi connectivity index (χ1v) is 12.0. The van der Waals surface area contributed by atoms with Crippen LogP contribution < -0.4 is 5.32 Å². The Kier molecular flexibility index (Phi) is 6.43. The average Bonchev–Trinajstić information content (AvgIpc) is 3.31. The van der Waals surface area contributed by atoms with Gasteiger partial charge in [0.2, 0.25) is 5.91 Å². The van der Waals surface area contributed by atoms with E-state index in [1.54, 1.807) is 13.8 Å². The van der Waals surface area contributed by atoms with Gasteiger partial charge in [-0.3, -0.25) is 9.20 Å². The Balaban J connectivity index is 1.45. The Morgan fingerprint density at radius 3 is 2.78 bits per heavy atom. The van der Waals surface area contributed by atoms with Crippen LogP contribution in [0.5, 0.6) is 0 Å². The summed E-state index contributed by atoms with van der Waals surface area (Å²) in [6.45, 7) is 7.91. The van der Waals surface area contributed by atoms with E-state index in [1.807, 2.05) is 12.1 Å². The van der Waals surface area contributed by atoms with Crippen LogP contribution in [-0.2, 0) is 9.53 Å². The van der Waals surface area contributed by atoms with Crippen molar-refractivity contribution in [1.82, 2.24) is 19.6 Å². The van der Waals surface area contributed by atoms with Crippen molar-refractivity contribution >= 4 is 56.7 Å². The average molecular weight is 470 g/mol. The van der Waals surface area contributed by atoms with Gasteiger partial charge in [0.25, 0.3) is 0 Å². The molecule has 4 rings (SSSR count). The number of benzene rings is 1. The highest BCUT2D eigenvalue weighted by Crippen LogP contribution is 2.28. The van der Waals surface area contributed by atoms with E-state index in [0.29, 0.717) is 28.1 Å². The van der Waals surface area contributed by atoms with E-state index in [9.17, 15) is 9.59 Å². The Morgan fingerprint density at radius 2 is 2.00 bits per heavy atom. The third-order valence-corrected chi connectivity index (χ3v) is 6.94. The summed E-state index contributed by atoms with van der Waals surface area (Å²) in [5.74, 6) is -0.0643. The number of thioether (sulfide) groups is 1. The quantitative estimate of drug-likeness (QED) is 0.313. The van der Waals surface area contributed by atoms with Crippen LogP contribution in [0.2, 0.25) is 0 Å². The van der Waals surface area contributed by atoms with Crippen LogP contribution in [0.1, 0.15) is 39.8 Å². The summed E-state index contributed by atoms with van der Waals surface area (Å²) >= 11 is 2.60. The molecule has 0 atom stereocenters. The molecule has 0 bridgehead atoms. The molecule has 4 aromatic rings. The fraction of sp³-hybridized carbons (Fsp3) is 0.318. The molecule has 1 amide bonds. The van der Waals surface area contributed by atoms with Crippen LogP contribution in [0, 0.1) is 20.8 Å². The molecule has 3 heterocycles. The van der Waals surface area contributed by atoms with Crippen molar-refractivity contribution in [3.05, 3.63) is 46.0 Å². The van der Waals surface area contributed by atoms with Crippen molar-refractivity contribution < 1.29 is 14.3 Å². The van der Waals surface area contributed by atoms with Gasteiger partial charge in [0.1, 0.15) is 4.88 Å². The number of esters is 1. The van der Waals surface area contributed by atoms with Gasteiger partial charge in [-0.05, 0) is 44.9 Å². The van der Waals surface area contributed by atoms with E-state index in [2.05, 4.69) is 50.9 Å². The summed E-state index contributed by atoms with van der Waals surface area (Å²) < 4.78 is 7.07. The number of aryl methyl sites for hydroxylation is 3. The number of carbonyl (C=O) groups excluding carboxylic acids is 2. The molecule has 0 aliphatic rings. The van der Waals surface area contributed by atoms with E-state index in [4.69, 9.17) is 4.74 Å². The molecule has 1 N–H and O–H groups in total. The van der Waals surface area contributed by atoms with Gasteiger partial charge in [0.15, 0.2) is 15.9 Å². The molecule has 166 valence electrons. The maximum absolute atomic E-state index is 12.4. The second-order valence-electron chi connectivity index (χ2n) is 7.28. The maximum Gasteiger partial charge on any atom is 0.350 e. The van der Waals surface area contributed by atoms with Crippen LogP contribution in [-0.4, -0.2) is 43.8 Å². The van der Waals surface area contributed by atoms with Gasteiger partial charge in [-0.2, -0.15) is 0 Å². The Bertz CT molecular complexity index is 1330. The fourth-order valence-corrected chi connectivity index (χ4v) is 5.24. The molecule has 0 radical (unpaired) electrons. The van der Waals surface area contributed by atoms with Crippen molar-refractivity contribution in [1.29, 1.82) is 0 Å². The van der Waals surface area contributed by atoms with Gasteiger partial charge in [0.05, 0.1) is 17.8 Å². The lowest BCUT2D eigenvalue weighted by Crippen LogP contribution is -2.12. The lowest BCUT2D eigenvalue weighted by atomic mass is 10.1. The Labute approximate surface area is 193 Å². The van der Waals surface area contributed by atoms with Crippen LogP contribution >= 0.6 is 23.1 Å². The van der Waals surface area contributed by atoms with Crippen LogP contribution in [0.15, 0.2) is 29.4 Å². The number of nitrogens with zero attached hydrogens (tertiary/aromatic N) is 4. The number of anilines is 1. The molecular formula is C22H23N5O3S2. The van der Waals surface area contributed by atoms with Gasteiger partial charge >= 0.3 is 5.97 Å². The summed E-state index contributed by atoms with van der Waals surface area (Å²) in [7, 11) is 0. The smallest absolute Gasteiger partial charge is 0.350 e. The molecule has 10 heteroatoms. The number of hydrogen-bond acceptors (Lipinski definition) is 8. The second kappa shape index (κ2) is 9.25. The summed E-state index contributed by atoms with van der Waals surface area (Å²) in [6.07, 6.45) is 0.274. The zero-order valence-corrected chi connectivity index (χ0v) is 19.9. The molecule has 3 aromatic heterocycles. The number of pyridine rings is 1. The highest BCUT2D eigenvalue weighted by Gasteiger charge is 2.18. The maximum atomic E-state index is 12.4. The van der Waals surface area contributed by atoms with Gasteiger partial charge < -0.3 is 10.1 Å². The monoisotopic (exact) mass is 469 g/mol. The molecular weight excluding hydrogens is 446 g/mol. The third kappa shape index (κ3) is 4.33. The molecule has 8 nitrogen and oxygen atoms in total. The number of amides is 1. The highest BCUT2D eigenvalue weighted by atomic mass is 32.2. The molecule has 0 fully saturated rings. The van der Waals surface area contributed by atoms with E-state index in [-0.39, 0.29) is 12.3 Å². The predicted octanol–water partition coefficient (Wildman–Crippen LogP) is 4.56. The second-order valence-corrected chi connectivity index (χ2v) is 9.34. The molecule has 0 aliphatic heterocycles. The normalized spacial score (nSPS) is 11.2. The first kappa shape index (κ1) is 22.2.